The normalized spacial score (nSPS) is 10.4. The number of aromatic nitrogens is 1. The van der Waals surface area contributed by atoms with Gasteiger partial charge in [-0.3, -0.25) is 0 Å². The minimum atomic E-state index is -0.277. The molecule has 1 heterocycles. The molecule has 6 nitrogen and oxygen atoms in total. The second-order valence-corrected chi connectivity index (χ2v) is 6.64. The fourth-order valence-electron chi connectivity index (χ4n) is 2.94. The Morgan fingerprint density at radius 1 is 0.933 bits per heavy atom. The van der Waals surface area contributed by atoms with Crippen LogP contribution in [-0.2, 0) is 6.54 Å². The molecule has 3 aromatic carbocycles. The third-order valence-electron chi connectivity index (χ3n) is 4.58. The average Bonchev–Trinajstić information content (AvgIpc) is 3.29. The predicted molar refractivity (Wildman–Crippen MR) is 116 cm³/mol. The average molecular weight is 399 g/mol. The van der Waals surface area contributed by atoms with Gasteiger partial charge in [0.15, 0.2) is 0 Å². The van der Waals surface area contributed by atoms with E-state index >= 15 is 0 Å². The molecule has 4 rings (SSSR count). The van der Waals surface area contributed by atoms with Crippen molar-refractivity contribution in [3.8, 4) is 28.5 Å². The third kappa shape index (κ3) is 4.67. The number of carbonyl (C=O) groups excluding carboxylic acids is 1. The Morgan fingerprint density at radius 3 is 2.37 bits per heavy atom. The molecule has 150 valence electrons. The van der Waals surface area contributed by atoms with Gasteiger partial charge in [-0.2, -0.15) is 0 Å². The van der Waals surface area contributed by atoms with Crippen molar-refractivity contribution in [1.29, 1.82) is 0 Å². The third-order valence-corrected chi connectivity index (χ3v) is 4.58. The summed E-state index contributed by atoms with van der Waals surface area (Å²) in [6.45, 7) is 0.423. The van der Waals surface area contributed by atoms with Gasteiger partial charge >= 0.3 is 6.03 Å². The number of benzene rings is 3. The van der Waals surface area contributed by atoms with Crippen LogP contribution in [0.1, 0.15) is 5.56 Å². The summed E-state index contributed by atoms with van der Waals surface area (Å²) in [6.07, 6.45) is 1.64. The molecule has 6 heteroatoms. The predicted octanol–water partition coefficient (Wildman–Crippen LogP) is 5.34. The number of oxazole rings is 1. The number of hydrogen-bond acceptors (Lipinski definition) is 4. The number of ether oxygens (including phenoxy) is 1. The van der Waals surface area contributed by atoms with Crippen LogP contribution in [0, 0.1) is 0 Å². The Morgan fingerprint density at radius 2 is 1.67 bits per heavy atom. The molecule has 0 bridgehead atoms. The monoisotopic (exact) mass is 399 g/mol. The van der Waals surface area contributed by atoms with E-state index in [9.17, 15) is 4.79 Å². The Kier molecular flexibility index (Phi) is 5.75. The standard InChI is InChI=1S/C24H21N3O3/c1-29-21-13-7-17(8-14-21)15-25-24(28)26-20-11-9-19(10-12-20)23-27-22(16-30-23)18-5-3-2-4-6-18/h2-14,16H,15H2,1H3,(H2,25,26,28). The second kappa shape index (κ2) is 8.96. The summed E-state index contributed by atoms with van der Waals surface area (Å²) in [5.74, 6) is 1.31. The highest BCUT2D eigenvalue weighted by Gasteiger charge is 2.09. The molecule has 2 N–H and O–H groups in total. The number of amides is 2. The van der Waals surface area contributed by atoms with E-state index in [2.05, 4.69) is 15.6 Å². The molecule has 0 saturated heterocycles. The summed E-state index contributed by atoms with van der Waals surface area (Å²) >= 11 is 0. The van der Waals surface area contributed by atoms with Crippen molar-refractivity contribution in [2.75, 3.05) is 12.4 Å². The van der Waals surface area contributed by atoms with Crippen LogP contribution in [0.4, 0.5) is 10.5 Å². The molecule has 4 aromatic rings. The SMILES string of the molecule is COc1ccc(CNC(=O)Nc2ccc(-c3nc(-c4ccccc4)co3)cc2)cc1. The molecular formula is C24H21N3O3. The molecule has 0 saturated carbocycles. The van der Waals surface area contributed by atoms with Gasteiger partial charge in [0.1, 0.15) is 17.7 Å². The summed E-state index contributed by atoms with van der Waals surface area (Å²) < 4.78 is 10.7. The summed E-state index contributed by atoms with van der Waals surface area (Å²) in [7, 11) is 1.62. The Bertz CT molecular complexity index is 1100. The van der Waals surface area contributed by atoms with Crippen LogP contribution in [0.25, 0.3) is 22.7 Å². The molecule has 0 unspecified atom stereocenters. The lowest BCUT2D eigenvalue weighted by Gasteiger charge is -2.08. The van der Waals surface area contributed by atoms with Crippen LogP contribution >= 0.6 is 0 Å². The zero-order valence-electron chi connectivity index (χ0n) is 16.5. The van der Waals surface area contributed by atoms with E-state index in [1.807, 2.05) is 78.9 Å². The highest BCUT2D eigenvalue weighted by molar-refractivity contribution is 5.89. The van der Waals surface area contributed by atoms with Crippen molar-refractivity contribution in [1.82, 2.24) is 10.3 Å². The maximum absolute atomic E-state index is 12.1. The number of methoxy groups -OCH3 is 1. The molecule has 0 aliphatic rings. The highest BCUT2D eigenvalue weighted by atomic mass is 16.5. The first kappa shape index (κ1) is 19.3. The summed E-state index contributed by atoms with van der Waals surface area (Å²) in [5.41, 5.74) is 4.28. The summed E-state index contributed by atoms with van der Waals surface area (Å²) in [4.78, 5) is 16.7. The number of nitrogens with zero attached hydrogens (tertiary/aromatic N) is 1. The van der Waals surface area contributed by atoms with Crippen LogP contribution < -0.4 is 15.4 Å². The van der Waals surface area contributed by atoms with Crippen LogP contribution in [0.2, 0.25) is 0 Å². The van der Waals surface area contributed by atoms with Crippen molar-refractivity contribution in [3.63, 3.8) is 0 Å². The van der Waals surface area contributed by atoms with Gasteiger partial charge in [-0.25, -0.2) is 9.78 Å². The largest absolute Gasteiger partial charge is 0.497 e. The molecule has 0 atom stereocenters. The van der Waals surface area contributed by atoms with Crippen molar-refractivity contribution in [2.45, 2.75) is 6.54 Å². The lowest BCUT2D eigenvalue weighted by molar-refractivity contribution is 0.251. The van der Waals surface area contributed by atoms with Gasteiger partial charge in [-0.1, -0.05) is 42.5 Å². The van der Waals surface area contributed by atoms with Gasteiger partial charge in [0.05, 0.1) is 7.11 Å². The molecule has 30 heavy (non-hydrogen) atoms. The zero-order valence-corrected chi connectivity index (χ0v) is 16.5. The maximum atomic E-state index is 12.1. The van der Waals surface area contributed by atoms with E-state index in [1.54, 1.807) is 13.4 Å². The van der Waals surface area contributed by atoms with Gasteiger partial charge in [0.2, 0.25) is 5.89 Å². The lowest BCUT2D eigenvalue weighted by Crippen LogP contribution is -2.28. The number of nitrogens with one attached hydrogen (secondary N) is 2. The second-order valence-electron chi connectivity index (χ2n) is 6.64. The Labute approximate surface area is 174 Å². The van der Waals surface area contributed by atoms with E-state index in [0.717, 1.165) is 28.1 Å². The first-order valence-electron chi connectivity index (χ1n) is 9.50. The maximum Gasteiger partial charge on any atom is 0.319 e. The molecule has 0 aliphatic heterocycles. The van der Waals surface area contributed by atoms with E-state index in [1.165, 1.54) is 0 Å². The molecule has 2 amide bonds. The van der Waals surface area contributed by atoms with Crippen molar-refractivity contribution in [3.05, 3.63) is 90.7 Å². The molecule has 1 aromatic heterocycles. The van der Waals surface area contributed by atoms with Gasteiger partial charge in [-0.05, 0) is 42.0 Å². The van der Waals surface area contributed by atoms with Crippen molar-refractivity contribution in [2.24, 2.45) is 0 Å². The lowest BCUT2D eigenvalue weighted by atomic mass is 10.2. The smallest absolute Gasteiger partial charge is 0.319 e. The zero-order chi connectivity index (χ0) is 20.8. The van der Waals surface area contributed by atoms with Gasteiger partial charge in [0.25, 0.3) is 0 Å². The Hall–Kier alpha value is -4.06. The van der Waals surface area contributed by atoms with Gasteiger partial charge < -0.3 is 19.8 Å². The van der Waals surface area contributed by atoms with Crippen LogP contribution in [-0.4, -0.2) is 18.1 Å². The first-order valence-corrected chi connectivity index (χ1v) is 9.50. The summed E-state index contributed by atoms with van der Waals surface area (Å²) in [5, 5.41) is 5.65. The van der Waals surface area contributed by atoms with Crippen LogP contribution in [0.15, 0.2) is 89.5 Å². The van der Waals surface area contributed by atoms with E-state index in [0.29, 0.717) is 18.1 Å². The molecule has 0 fully saturated rings. The minimum Gasteiger partial charge on any atom is -0.497 e. The van der Waals surface area contributed by atoms with Crippen molar-refractivity contribution < 1.29 is 13.9 Å². The van der Waals surface area contributed by atoms with Crippen molar-refractivity contribution >= 4 is 11.7 Å². The van der Waals surface area contributed by atoms with Crippen LogP contribution in [0.5, 0.6) is 5.75 Å². The minimum absolute atomic E-state index is 0.277. The molecule has 0 aliphatic carbocycles. The van der Waals surface area contributed by atoms with E-state index in [-0.39, 0.29) is 6.03 Å². The number of hydrogen-bond donors (Lipinski definition) is 2. The number of urea groups is 1. The molecular weight excluding hydrogens is 378 g/mol. The van der Waals surface area contributed by atoms with E-state index in [4.69, 9.17) is 9.15 Å². The summed E-state index contributed by atoms with van der Waals surface area (Å²) in [6, 6.07) is 24.5. The fourth-order valence-corrected chi connectivity index (χ4v) is 2.94. The topological polar surface area (TPSA) is 76.4 Å². The number of carbonyl (C=O) groups is 1. The first-order chi connectivity index (χ1) is 14.7. The number of anilines is 1. The van der Waals surface area contributed by atoms with E-state index < -0.39 is 0 Å². The van der Waals surface area contributed by atoms with Gasteiger partial charge in [-0.15, -0.1) is 0 Å². The van der Waals surface area contributed by atoms with Crippen LogP contribution in [0.3, 0.4) is 0 Å². The molecule has 0 radical (unpaired) electrons. The molecule has 0 spiro atoms. The highest BCUT2D eigenvalue weighted by Crippen LogP contribution is 2.25. The fraction of sp³-hybridized carbons (Fsp3) is 0.0833. The van der Waals surface area contributed by atoms with Gasteiger partial charge in [0, 0.05) is 23.4 Å². The Balaban J connectivity index is 1.34. The number of rotatable bonds is 6. The quantitative estimate of drug-likeness (QED) is 0.459.